The van der Waals surface area contributed by atoms with Crippen molar-refractivity contribution in [1.82, 2.24) is 10.3 Å². The van der Waals surface area contributed by atoms with Gasteiger partial charge in [-0.15, -0.1) is 0 Å². The summed E-state index contributed by atoms with van der Waals surface area (Å²) in [5.74, 6) is 0.742. The molecule has 1 heterocycles. The van der Waals surface area contributed by atoms with E-state index in [2.05, 4.69) is 69.0 Å². The zero-order valence-corrected chi connectivity index (χ0v) is 13.3. The van der Waals surface area contributed by atoms with Crippen LogP contribution in [0.4, 0.5) is 5.69 Å². The minimum Gasteiger partial charge on any atom is -0.374 e. The molecule has 19 heavy (non-hydrogen) atoms. The third-order valence-corrected chi connectivity index (χ3v) is 3.08. The predicted molar refractivity (Wildman–Crippen MR) is 83.6 cm³/mol. The van der Waals surface area contributed by atoms with Crippen LogP contribution in [0.15, 0.2) is 18.3 Å². The molecule has 1 aromatic rings. The topological polar surface area (TPSA) is 28.2 Å². The zero-order chi connectivity index (χ0) is 14.5. The average Bonchev–Trinajstić information content (AvgIpc) is 2.33. The Bertz CT molecular complexity index is 380. The Morgan fingerprint density at radius 2 is 2.00 bits per heavy atom. The van der Waals surface area contributed by atoms with E-state index in [-0.39, 0.29) is 5.54 Å². The number of aromatic nitrogens is 1. The fraction of sp³-hybridized carbons (Fsp3) is 0.688. The number of hydrogen-bond donors (Lipinski definition) is 1. The second-order valence-electron chi connectivity index (χ2n) is 6.71. The van der Waals surface area contributed by atoms with Crippen LogP contribution < -0.4 is 10.2 Å². The Balaban J connectivity index is 2.60. The van der Waals surface area contributed by atoms with Gasteiger partial charge in [-0.25, -0.2) is 0 Å². The third-order valence-electron chi connectivity index (χ3n) is 3.08. The maximum atomic E-state index is 4.43. The minimum absolute atomic E-state index is 0.126. The third kappa shape index (κ3) is 6.58. The normalized spacial score (nSPS) is 11.9. The summed E-state index contributed by atoms with van der Waals surface area (Å²) >= 11 is 0. The van der Waals surface area contributed by atoms with Crippen molar-refractivity contribution in [2.45, 2.75) is 53.1 Å². The van der Waals surface area contributed by atoms with Crippen molar-refractivity contribution in [2.24, 2.45) is 5.92 Å². The first-order valence-corrected chi connectivity index (χ1v) is 7.19. The lowest BCUT2D eigenvalue weighted by Gasteiger charge is -2.22. The molecule has 3 heteroatoms. The van der Waals surface area contributed by atoms with Crippen LogP contribution in [0.2, 0.25) is 0 Å². The minimum atomic E-state index is 0.126. The molecule has 0 spiro atoms. The first-order valence-electron chi connectivity index (χ1n) is 7.19. The molecule has 0 bridgehead atoms. The van der Waals surface area contributed by atoms with Crippen molar-refractivity contribution in [2.75, 3.05) is 18.5 Å². The average molecular weight is 263 g/mol. The monoisotopic (exact) mass is 263 g/mol. The van der Waals surface area contributed by atoms with Gasteiger partial charge in [-0.1, -0.05) is 13.8 Å². The number of anilines is 1. The van der Waals surface area contributed by atoms with E-state index in [1.807, 2.05) is 6.20 Å². The molecular formula is C16H29N3. The van der Waals surface area contributed by atoms with Crippen molar-refractivity contribution in [3.63, 3.8) is 0 Å². The smallest absolute Gasteiger partial charge is 0.0562 e. The molecule has 0 saturated carbocycles. The van der Waals surface area contributed by atoms with Gasteiger partial charge in [0.05, 0.1) is 5.69 Å². The Kier molecular flexibility index (Phi) is 5.80. The molecule has 3 nitrogen and oxygen atoms in total. The first-order chi connectivity index (χ1) is 8.78. The van der Waals surface area contributed by atoms with Crippen LogP contribution >= 0.6 is 0 Å². The molecule has 0 amide bonds. The summed E-state index contributed by atoms with van der Waals surface area (Å²) in [7, 11) is 2.15. The summed E-state index contributed by atoms with van der Waals surface area (Å²) in [5.41, 5.74) is 2.48. The van der Waals surface area contributed by atoms with Crippen LogP contribution in [0.3, 0.4) is 0 Å². The molecule has 0 fully saturated rings. The molecule has 0 aliphatic rings. The van der Waals surface area contributed by atoms with Gasteiger partial charge in [-0.05, 0) is 45.2 Å². The fourth-order valence-electron chi connectivity index (χ4n) is 1.74. The summed E-state index contributed by atoms with van der Waals surface area (Å²) in [6.45, 7) is 12.9. The molecule has 0 radical (unpaired) electrons. The molecule has 0 unspecified atom stereocenters. The molecule has 0 aliphatic carbocycles. The number of pyridine rings is 1. The predicted octanol–water partition coefficient (Wildman–Crippen LogP) is 3.45. The molecule has 0 atom stereocenters. The number of nitrogens with zero attached hydrogens (tertiary/aromatic N) is 2. The fourth-order valence-corrected chi connectivity index (χ4v) is 1.74. The number of rotatable bonds is 6. The van der Waals surface area contributed by atoms with Crippen molar-refractivity contribution in [3.8, 4) is 0 Å². The lowest BCUT2D eigenvalue weighted by Crippen LogP contribution is -2.35. The van der Waals surface area contributed by atoms with Crippen LogP contribution in [0, 0.1) is 5.92 Å². The van der Waals surface area contributed by atoms with Crippen LogP contribution in [0.1, 0.15) is 46.7 Å². The summed E-state index contributed by atoms with van der Waals surface area (Å²) in [6, 6.07) is 4.26. The van der Waals surface area contributed by atoms with Gasteiger partial charge >= 0.3 is 0 Å². The van der Waals surface area contributed by atoms with Gasteiger partial charge in [-0.3, -0.25) is 4.98 Å². The van der Waals surface area contributed by atoms with E-state index in [1.54, 1.807) is 0 Å². The number of nitrogens with one attached hydrogen (secondary N) is 1. The summed E-state index contributed by atoms with van der Waals surface area (Å²) in [4.78, 5) is 6.74. The van der Waals surface area contributed by atoms with Crippen LogP contribution in [-0.4, -0.2) is 24.1 Å². The molecule has 1 N–H and O–H groups in total. The van der Waals surface area contributed by atoms with E-state index in [9.17, 15) is 0 Å². The van der Waals surface area contributed by atoms with Gasteiger partial charge in [0, 0.05) is 37.6 Å². The van der Waals surface area contributed by atoms with E-state index < -0.39 is 0 Å². The summed E-state index contributed by atoms with van der Waals surface area (Å²) in [5, 5.41) is 3.47. The van der Waals surface area contributed by atoms with Gasteiger partial charge in [0.25, 0.3) is 0 Å². The van der Waals surface area contributed by atoms with E-state index in [0.717, 1.165) is 24.7 Å². The molecule has 1 aromatic heterocycles. The van der Waals surface area contributed by atoms with Gasteiger partial charge in [0.1, 0.15) is 0 Å². The molecule has 0 saturated heterocycles. The Hall–Kier alpha value is -1.09. The molecule has 0 aliphatic heterocycles. The standard InChI is InChI=1S/C16H29N3/c1-13(2)8-10-19(6)15-7-9-17-14(11-15)12-18-16(3,4)5/h7,9,11,13,18H,8,10,12H2,1-6H3. The second kappa shape index (κ2) is 6.90. The van der Waals surface area contributed by atoms with E-state index in [4.69, 9.17) is 0 Å². The largest absolute Gasteiger partial charge is 0.374 e. The highest BCUT2D eigenvalue weighted by Gasteiger charge is 2.09. The van der Waals surface area contributed by atoms with Crippen LogP contribution in [-0.2, 0) is 6.54 Å². The second-order valence-corrected chi connectivity index (χ2v) is 6.71. The van der Waals surface area contributed by atoms with Crippen molar-refractivity contribution < 1.29 is 0 Å². The maximum Gasteiger partial charge on any atom is 0.0562 e. The lowest BCUT2D eigenvalue weighted by atomic mass is 10.1. The van der Waals surface area contributed by atoms with Crippen molar-refractivity contribution in [1.29, 1.82) is 0 Å². The molecule has 1 rings (SSSR count). The van der Waals surface area contributed by atoms with Gasteiger partial charge in [0.15, 0.2) is 0 Å². The van der Waals surface area contributed by atoms with Crippen molar-refractivity contribution in [3.05, 3.63) is 24.0 Å². The highest BCUT2D eigenvalue weighted by atomic mass is 15.1. The quantitative estimate of drug-likeness (QED) is 0.852. The summed E-state index contributed by atoms with van der Waals surface area (Å²) < 4.78 is 0. The van der Waals surface area contributed by atoms with Gasteiger partial charge in [0.2, 0.25) is 0 Å². The molecular weight excluding hydrogens is 234 g/mol. The number of hydrogen-bond acceptors (Lipinski definition) is 3. The van der Waals surface area contributed by atoms with Crippen molar-refractivity contribution >= 4 is 5.69 Å². The lowest BCUT2D eigenvalue weighted by molar-refractivity contribution is 0.421. The Morgan fingerprint density at radius 3 is 2.58 bits per heavy atom. The maximum absolute atomic E-state index is 4.43. The molecule has 108 valence electrons. The SMILES string of the molecule is CC(C)CCN(C)c1ccnc(CNC(C)(C)C)c1. The Morgan fingerprint density at radius 1 is 1.32 bits per heavy atom. The molecule has 0 aromatic carbocycles. The zero-order valence-electron chi connectivity index (χ0n) is 13.3. The van der Waals surface area contributed by atoms with Gasteiger partial charge in [-0.2, -0.15) is 0 Å². The van der Waals surface area contributed by atoms with E-state index in [0.29, 0.717) is 0 Å². The highest BCUT2D eigenvalue weighted by molar-refractivity contribution is 5.45. The first kappa shape index (κ1) is 16.0. The van der Waals surface area contributed by atoms with E-state index >= 15 is 0 Å². The Labute approximate surface area is 118 Å². The van der Waals surface area contributed by atoms with E-state index in [1.165, 1.54) is 12.1 Å². The summed E-state index contributed by atoms with van der Waals surface area (Å²) in [6.07, 6.45) is 3.12. The van der Waals surface area contributed by atoms with Crippen LogP contribution in [0.5, 0.6) is 0 Å². The van der Waals surface area contributed by atoms with Crippen LogP contribution in [0.25, 0.3) is 0 Å². The van der Waals surface area contributed by atoms with Gasteiger partial charge < -0.3 is 10.2 Å². The highest BCUT2D eigenvalue weighted by Crippen LogP contribution is 2.15.